The highest BCUT2D eigenvalue weighted by atomic mass is 32.2. The van der Waals surface area contributed by atoms with Gasteiger partial charge < -0.3 is 15.0 Å². The van der Waals surface area contributed by atoms with Crippen molar-refractivity contribution in [2.24, 2.45) is 0 Å². The van der Waals surface area contributed by atoms with Crippen LogP contribution in [0, 0.1) is 5.82 Å². The van der Waals surface area contributed by atoms with Crippen LogP contribution >= 0.6 is 0 Å². The van der Waals surface area contributed by atoms with Crippen LogP contribution in [0.5, 0.6) is 5.75 Å². The van der Waals surface area contributed by atoms with Crippen LogP contribution in [0.4, 0.5) is 15.9 Å². The number of benzene rings is 1. The van der Waals surface area contributed by atoms with E-state index in [2.05, 4.69) is 20.2 Å². The third-order valence-corrected chi connectivity index (χ3v) is 4.77. The molecule has 0 unspecified atom stereocenters. The van der Waals surface area contributed by atoms with Crippen LogP contribution in [-0.4, -0.2) is 52.9 Å². The summed E-state index contributed by atoms with van der Waals surface area (Å²) in [6.45, 7) is 0.396. The van der Waals surface area contributed by atoms with Gasteiger partial charge in [-0.25, -0.2) is 17.5 Å². The SMILES string of the molecule is COc1ccc(S(=O)(=O)NCCNc2cc(N(C)C)cnn2)cc1F. The first kappa shape index (κ1) is 18.9. The van der Waals surface area contributed by atoms with Crippen LogP contribution in [-0.2, 0) is 10.0 Å². The Balaban J connectivity index is 1.92. The molecule has 2 rings (SSSR count). The van der Waals surface area contributed by atoms with Crippen LogP contribution < -0.4 is 19.7 Å². The second-order valence-electron chi connectivity index (χ2n) is 5.31. The van der Waals surface area contributed by atoms with Gasteiger partial charge in [-0.3, -0.25) is 0 Å². The molecule has 0 bridgehead atoms. The van der Waals surface area contributed by atoms with E-state index in [1.807, 2.05) is 19.0 Å². The van der Waals surface area contributed by atoms with E-state index in [1.165, 1.54) is 19.2 Å². The smallest absolute Gasteiger partial charge is 0.240 e. The molecule has 136 valence electrons. The van der Waals surface area contributed by atoms with Gasteiger partial charge in [0.1, 0.15) is 0 Å². The van der Waals surface area contributed by atoms with Crippen molar-refractivity contribution in [2.45, 2.75) is 4.90 Å². The Kier molecular flexibility index (Phi) is 6.10. The van der Waals surface area contributed by atoms with Gasteiger partial charge >= 0.3 is 0 Å². The highest BCUT2D eigenvalue weighted by molar-refractivity contribution is 7.89. The number of sulfonamides is 1. The summed E-state index contributed by atoms with van der Waals surface area (Å²) in [6.07, 6.45) is 1.62. The second-order valence-corrected chi connectivity index (χ2v) is 7.08. The minimum Gasteiger partial charge on any atom is -0.494 e. The fourth-order valence-corrected chi connectivity index (χ4v) is 3.00. The quantitative estimate of drug-likeness (QED) is 0.672. The molecular formula is C15H20FN5O3S. The van der Waals surface area contributed by atoms with Gasteiger partial charge in [0, 0.05) is 33.3 Å². The fraction of sp³-hybridized carbons (Fsp3) is 0.333. The topological polar surface area (TPSA) is 96.5 Å². The Morgan fingerprint density at radius 3 is 2.64 bits per heavy atom. The standard InChI is InChI=1S/C15H20FN5O3S/c1-21(2)11-8-15(20-18-10-11)17-6-7-19-25(22,23)12-4-5-14(24-3)13(16)9-12/h4-5,8-10,19H,6-7H2,1-3H3,(H,17,20). The van der Waals surface area contributed by atoms with Crippen LogP contribution in [0.2, 0.25) is 0 Å². The average Bonchev–Trinajstić information content (AvgIpc) is 2.59. The molecule has 0 amide bonds. The van der Waals surface area contributed by atoms with Gasteiger partial charge in [0.15, 0.2) is 17.4 Å². The zero-order valence-corrected chi connectivity index (χ0v) is 15.0. The van der Waals surface area contributed by atoms with Crippen LogP contribution in [0.25, 0.3) is 0 Å². The molecule has 8 nitrogen and oxygen atoms in total. The van der Waals surface area contributed by atoms with E-state index < -0.39 is 15.8 Å². The van der Waals surface area contributed by atoms with E-state index in [0.29, 0.717) is 12.4 Å². The third kappa shape index (κ3) is 5.00. The van der Waals surface area contributed by atoms with Gasteiger partial charge in [-0.2, -0.15) is 5.10 Å². The first-order valence-corrected chi connectivity index (χ1v) is 8.89. The van der Waals surface area contributed by atoms with Crippen molar-refractivity contribution in [1.29, 1.82) is 0 Å². The van der Waals surface area contributed by atoms with Gasteiger partial charge in [0.25, 0.3) is 0 Å². The maximum absolute atomic E-state index is 13.6. The Bertz CT molecular complexity index is 830. The lowest BCUT2D eigenvalue weighted by molar-refractivity contribution is 0.385. The van der Waals surface area contributed by atoms with Crippen LogP contribution in [0.15, 0.2) is 35.4 Å². The van der Waals surface area contributed by atoms with Crippen molar-refractivity contribution in [3.8, 4) is 5.75 Å². The summed E-state index contributed by atoms with van der Waals surface area (Å²) >= 11 is 0. The van der Waals surface area contributed by atoms with E-state index in [0.717, 1.165) is 11.8 Å². The molecule has 2 N–H and O–H groups in total. The van der Waals surface area contributed by atoms with Crippen molar-refractivity contribution < 1.29 is 17.5 Å². The van der Waals surface area contributed by atoms with E-state index in [-0.39, 0.29) is 17.2 Å². The predicted octanol–water partition coefficient (Wildman–Crippen LogP) is 1.08. The highest BCUT2D eigenvalue weighted by Gasteiger charge is 2.16. The molecule has 0 aliphatic heterocycles. The molecule has 0 aliphatic rings. The van der Waals surface area contributed by atoms with Gasteiger partial charge in [-0.15, -0.1) is 5.10 Å². The lowest BCUT2D eigenvalue weighted by atomic mass is 10.3. The number of anilines is 2. The molecule has 25 heavy (non-hydrogen) atoms. The molecule has 0 saturated heterocycles. The van der Waals surface area contributed by atoms with Crippen molar-refractivity contribution >= 4 is 21.5 Å². The number of methoxy groups -OCH3 is 1. The number of aromatic nitrogens is 2. The number of rotatable bonds is 8. The number of halogens is 1. The third-order valence-electron chi connectivity index (χ3n) is 3.31. The molecule has 0 fully saturated rings. The number of hydrogen-bond donors (Lipinski definition) is 2. The zero-order valence-electron chi connectivity index (χ0n) is 14.2. The maximum atomic E-state index is 13.6. The first-order chi connectivity index (χ1) is 11.8. The number of nitrogens with zero attached hydrogens (tertiary/aromatic N) is 3. The summed E-state index contributed by atoms with van der Waals surface area (Å²) in [5.41, 5.74) is 0.867. The molecule has 10 heteroatoms. The van der Waals surface area contributed by atoms with Crippen molar-refractivity contribution in [3.63, 3.8) is 0 Å². The Morgan fingerprint density at radius 2 is 2.00 bits per heavy atom. The summed E-state index contributed by atoms with van der Waals surface area (Å²) in [5.74, 6) is -0.222. The van der Waals surface area contributed by atoms with Crippen molar-refractivity contribution in [3.05, 3.63) is 36.3 Å². The lowest BCUT2D eigenvalue weighted by Gasteiger charge is -2.13. The lowest BCUT2D eigenvalue weighted by Crippen LogP contribution is -2.29. The normalized spacial score (nSPS) is 11.2. The molecule has 0 saturated carbocycles. The Morgan fingerprint density at radius 1 is 1.24 bits per heavy atom. The average molecular weight is 369 g/mol. The Hall–Kier alpha value is -2.46. The summed E-state index contributed by atoms with van der Waals surface area (Å²) in [6, 6.07) is 5.26. The minimum absolute atomic E-state index is 0.0139. The van der Waals surface area contributed by atoms with E-state index in [1.54, 1.807) is 12.3 Å². The number of nitrogens with one attached hydrogen (secondary N) is 2. The molecule has 0 radical (unpaired) electrons. The highest BCUT2D eigenvalue weighted by Crippen LogP contribution is 2.20. The van der Waals surface area contributed by atoms with Crippen LogP contribution in [0.1, 0.15) is 0 Å². The molecule has 1 heterocycles. The second kappa shape index (κ2) is 8.08. The fourth-order valence-electron chi connectivity index (χ4n) is 1.96. The van der Waals surface area contributed by atoms with E-state index in [4.69, 9.17) is 4.74 Å². The molecule has 0 spiro atoms. The largest absolute Gasteiger partial charge is 0.494 e. The monoisotopic (exact) mass is 369 g/mol. The zero-order chi connectivity index (χ0) is 18.4. The van der Waals surface area contributed by atoms with Crippen molar-refractivity contribution in [2.75, 3.05) is 44.5 Å². The molecule has 2 aromatic rings. The maximum Gasteiger partial charge on any atom is 0.240 e. The number of hydrogen-bond acceptors (Lipinski definition) is 7. The Labute approximate surface area is 146 Å². The van der Waals surface area contributed by atoms with Gasteiger partial charge in [-0.1, -0.05) is 0 Å². The van der Waals surface area contributed by atoms with E-state index in [9.17, 15) is 12.8 Å². The number of ether oxygens (including phenoxy) is 1. The summed E-state index contributed by atoms with van der Waals surface area (Å²) in [4.78, 5) is 1.71. The minimum atomic E-state index is -3.81. The van der Waals surface area contributed by atoms with Gasteiger partial charge in [0.05, 0.1) is 23.9 Å². The molecule has 1 aromatic heterocycles. The van der Waals surface area contributed by atoms with Gasteiger partial charge in [-0.05, 0) is 18.2 Å². The first-order valence-electron chi connectivity index (χ1n) is 7.40. The summed E-state index contributed by atoms with van der Waals surface area (Å²) in [5, 5.41) is 10.7. The predicted molar refractivity (Wildman–Crippen MR) is 93.0 cm³/mol. The van der Waals surface area contributed by atoms with E-state index >= 15 is 0 Å². The van der Waals surface area contributed by atoms with Crippen LogP contribution in [0.3, 0.4) is 0 Å². The molecule has 1 aromatic carbocycles. The van der Waals surface area contributed by atoms with Crippen molar-refractivity contribution in [1.82, 2.24) is 14.9 Å². The summed E-state index contributed by atoms with van der Waals surface area (Å²) < 4.78 is 45.1. The summed E-state index contributed by atoms with van der Waals surface area (Å²) in [7, 11) is 1.25. The molecule has 0 aliphatic carbocycles. The van der Waals surface area contributed by atoms with Gasteiger partial charge in [0.2, 0.25) is 10.0 Å². The molecule has 0 atom stereocenters. The molecular weight excluding hydrogens is 349 g/mol.